The van der Waals surface area contributed by atoms with Crippen LogP contribution >= 0.6 is 11.3 Å². The Kier molecular flexibility index (Phi) is 4.82. The fraction of sp³-hybridized carbons (Fsp3) is 0.474. The van der Waals surface area contributed by atoms with Crippen molar-refractivity contribution in [2.75, 3.05) is 11.9 Å². The van der Waals surface area contributed by atoms with Crippen LogP contribution in [-0.4, -0.2) is 39.4 Å². The van der Waals surface area contributed by atoms with Crippen molar-refractivity contribution < 1.29 is 9.59 Å². The molecule has 8 heteroatoms. The highest BCUT2D eigenvalue weighted by Crippen LogP contribution is 2.38. The molecule has 2 aliphatic rings. The molecule has 1 aliphatic heterocycles. The number of carbonyl (C=O) groups excluding carboxylic acids is 2. The van der Waals surface area contributed by atoms with Gasteiger partial charge in [0.15, 0.2) is 5.13 Å². The van der Waals surface area contributed by atoms with Gasteiger partial charge >= 0.3 is 6.03 Å². The third-order valence-corrected chi connectivity index (χ3v) is 6.54. The molecule has 27 heavy (non-hydrogen) atoms. The molecule has 0 unspecified atom stereocenters. The van der Waals surface area contributed by atoms with E-state index in [0.29, 0.717) is 24.0 Å². The van der Waals surface area contributed by atoms with Crippen LogP contribution in [0.15, 0.2) is 18.3 Å². The largest absolute Gasteiger partial charge is 0.368 e. The summed E-state index contributed by atoms with van der Waals surface area (Å²) in [5.74, 6) is 0.109. The zero-order valence-corrected chi connectivity index (χ0v) is 16.1. The number of hydrogen-bond donors (Lipinski definition) is 2. The first-order valence-electron chi connectivity index (χ1n) is 9.33. The van der Waals surface area contributed by atoms with Gasteiger partial charge in [-0.25, -0.2) is 9.78 Å². The van der Waals surface area contributed by atoms with E-state index in [1.54, 1.807) is 0 Å². The molecule has 1 saturated carbocycles. The average molecular weight is 385 g/mol. The van der Waals surface area contributed by atoms with Gasteiger partial charge in [0.05, 0.1) is 10.6 Å². The normalized spacial score (nSPS) is 19.7. The third kappa shape index (κ3) is 3.53. The predicted octanol–water partition coefficient (Wildman–Crippen LogP) is 3.26. The van der Waals surface area contributed by atoms with Crippen molar-refractivity contribution in [2.45, 2.75) is 51.0 Å². The molecular formula is C19H23N5O2S. The van der Waals surface area contributed by atoms with Crippen LogP contribution in [0.5, 0.6) is 0 Å². The van der Waals surface area contributed by atoms with Crippen molar-refractivity contribution in [3.8, 4) is 10.4 Å². The van der Waals surface area contributed by atoms with Crippen LogP contribution in [0.2, 0.25) is 0 Å². The lowest BCUT2D eigenvalue weighted by atomic mass is 9.82. The van der Waals surface area contributed by atoms with Gasteiger partial charge in [-0.2, -0.15) is 0 Å². The van der Waals surface area contributed by atoms with E-state index in [1.807, 2.05) is 19.2 Å². The van der Waals surface area contributed by atoms with E-state index >= 15 is 0 Å². The second kappa shape index (κ2) is 7.26. The van der Waals surface area contributed by atoms with Crippen molar-refractivity contribution in [1.29, 1.82) is 0 Å². The first-order chi connectivity index (χ1) is 13.0. The van der Waals surface area contributed by atoms with E-state index in [1.165, 1.54) is 35.5 Å². The van der Waals surface area contributed by atoms with E-state index in [0.717, 1.165) is 28.2 Å². The van der Waals surface area contributed by atoms with Gasteiger partial charge in [-0.05, 0) is 50.3 Å². The van der Waals surface area contributed by atoms with Crippen molar-refractivity contribution in [1.82, 2.24) is 14.9 Å². The minimum atomic E-state index is -0.532. The summed E-state index contributed by atoms with van der Waals surface area (Å²) in [5, 5.41) is 3.36. The molecule has 1 aliphatic carbocycles. The molecule has 0 radical (unpaired) electrons. The van der Waals surface area contributed by atoms with Crippen LogP contribution < -0.4 is 11.1 Å². The zero-order chi connectivity index (χ0) is 19.0. The van der Waals surface area contributed by atoms with Crippen molar-refractivity contribution >= 4 is 28.4 Å². The Morgan fingerprint density at radius 1 is 1.30 bits per heavy atom. The Labute approximate surface area is 162 Å². The second-order valence-corrected chi connectivity index (χ2v) is 8.21. The SMILES string of the molecule is Cc1nc(NC(=O)N2CCC[C@H]2C(N)=O)sc1-c1ccnc(C2CCC2)c1. The molecule has 0 bridgehead atoms. The molecule has 3 amide bonds. The zero-order valence-electron chi connectivity index (χ0n) is 15.3. The highest BCUT2D eigenvalue weighted by molar-refractivity contribution is 7.19. The smallest absolute Gasteiger partial charge is 0.324 e. The minimum Gasteiger partial charge on any atom is -0.368 e. The molecular weight excluding hydrogens is 362 g/mol. The Morgan fingerprint density at radius 3 is 2.81 bits per heavy atom. The van der Waals surface area contributed by atoms with Crippen LogP contribution in [0.1, 0.15) is 49.4 Å². The number of primary amides is 1. The number of thiazole rings is 1. The molecule has 4 rings (SSSR count). The van der Waals surface area contributed by atoms with Crippen LogP contribution in [0.25, 0.3) is 10.4 Å². The molecule has 2 aromatic rings. The maximum Gasteiger partial charge on any atom is 0.324 e. The van der Waals surface area contributed by atoms with Crippen molar-refractivity contribution in [3.05, 3.63) is 29.7 Å². The lowest BCUT2D eigenvalue weighted by Gasteiger charge is -2.24. The quantitative estimate of drug-likeness (QED) is 0.843. The fourth-order valence-electron chi connectivity index (χ4n) is 3.70. The van der Waals surface area contributed by atoms with Gasteiger partial charge in [0.2, 0.25) is 5.91 Å². The molecule has 1 saturated heterocycles. The summed E-state index contributed by atoms with van der Waals surface area (Å²) in [4.78, 5) is 35.6. The molecule has 2 aromatic heterocycles. The monoisotopic (exact) mass is 385 g/mol. The molecule has 7 nitrogen and oxygen atoms in total. The summed E-state index contributed by atoms with van der Waals surface area (Å²) < 4.78 is 0. The number of amides is 3. The number of nitrogens with zero attached hydrogens (tertiary/aromatic N) is 3. The number of aromatic nitrogens is 2. The van der Waals surface area contributed by atoms with Gasteiger partial charge in [0.1, 0.15) is 6.04 Å². The number of aryl methyl sites for hydroxylation is 1. The number of urea groups is 1. The number of anilines is 1. The molecule has 0 spiro atoms. The maximum absolute atomic E-state index is 12.5. The topological polar surface area (TPSA) is 101 Å². The van der Waals surface area contributed by atoms with E-state index in [9.17, 15) is 9.59 Å². The summed E-state index contributed by atoms with van der Waals surface area (Å²) in [6.07, 6.45) is 6.93. The first kappa shape index (κ1) is 17.9. The van der Waals surface area contributed by atoms with Gasteiger partial charge in [-0.15, -0.1) is 0 Å². The number of nitrogens with one attached hydrogen (secondary N) is 1. The molecule has 3 N–H and O–H groups in total. The summed E-state index contributed by atoms with van der Waals surface area (Å²) in [6.45, 7) is 2.47. The predicted molar refractivity (Wildman–Crippen MR) is 105 cm³/mol. The van der Waals surface area contributed by atoms with E-state index < -0.39 is 11.9 Å². The Balaban J connectivity index is 1.52. The summed E-state index contributed by atoms with van der Waals surface area (Å²) in [7, 11) is 0. The van der Waals surface area contributed by atoms with Gasteiger partial charge in [0.25, 0.3) is 0 Å². The third-order valence-electron chi connectivity index (χ3n) is 5.42. The van der Waals surface area contributed by atoms with Gasteiger partial charge in [-0.3, -0.25) is 15.1 Å². The van der Waals surface area contributed by atoms with Crippen LogP contribution in [0, 0.1) is 6.92 Å². The Morgan fingerprint density at radius 2 is 2.11 bits per heavy atom. The van der Waals surface area contributed by atoms with E-state index in [2.05, 4.69) is 21.4 Å². The Hall–Kier alpha value is -2.48. The standard InChI is InChI=1S/C19H23N5O2S/c1-11-16(13-7-8-21-14(10-13)12-4-2-5-12)27-18(22-11)23-19(26)24-9-3-6-15(24)17(20)25/h7-8,10,12,15H,2-6,9H2,1H3,(H2,20,25)(H,22,23,26)/t15-/m0/s1. The highest BCUT2D eigenvalue weighted by atomic mass is 32.1. The number of nitrogens with two attached hydrogens (primary N) is 1. The number of carbonyl (C=O) groups is 2. The summed E-state index contributed by atoms with van der Waals surface area (Å²) in [5.41, 5.74) is 8.49. The van der Waals surface area contributed by atoms with Crippen molar-refractivity contribution in [3.63, 3.8) is 0 Å². The molecule has 2 fully saturated rings. The molecule has 142 valence electrons. The lowest BCUT2D eigenvalue weighted by molar-refractivity contribution is -0.121. The van der Waals surface area contributed by atoms with Crippen LogP contribution in [0.3, 0.4) is 0 Å². The summed E-state index contributed by atoms with van der Waals surface area (Å²) >= 11 is 1.44. The highest BCUT2D eigenvalue weighted by Gasteiger charge is 2.33. The first-order valence-corrected chi connectivity index (χ1v) is 10.2. The fourth-order valence-corrected chi connectivity index (χ4v) is 4.66. The molecule has 0 aromatic carbocycles. The summed E-state index contributed by atoms with van der Waals surface area (Å²) in [6, 6.07) is 3.27. The van der Waals surface area contributed by atoms with Crippen molar-refractivity contribution in [2.24, 2.45) is 5.73 Å². The minimum absolute atomic E-state index is 0.318. The molecule has 1 atom stereocenters. The maximum atomic E-state index is 12.5. The average Bonchev–Trinajstić information content (AvgIpc) is 3.20. The van der Waals surface area contributed by atoms with Crippen LogP contribution in [0.4, 0.5) is 9.93 Å². The number of pyridine rings is 1. The van der Waals surface area contributed by atoms with Gasteiger partial charge in [-0.1, -0.05) is 17.8 Å². The number of hydrogen-bond acceptors (Lipinski definition) is 5. The van der Waals surface area contributed by atoms with E-state index in [-0.39, 0.29) is 6.03 Å². The van der Waals surface area contributed by atoms with Gasteiger partial charge < -0.3 is 10.6 Å². The number of likely N-dealkylation sites (tertiary alicyclic amines) is 1. The van der Waals surface area contributed by atoms with Crippen LogP contribution in [-0.2, 0) is 4.79 Å². The lowest BCUT2D eigenvalue weighted by Crippen LogP contribution is -2.45. The van der Waals surface area contributed by atoms with Gasteiger partial charge in [0, 0.05) is 24.4 Å². The Bertz CT molecular complexity index is 877. The molecule has 3 heterocycles. The van der Waals surface area contributed by atoms with E-state index in [4.69, 9.17) is 5.73 Å². The number of rotatable bonds is 4. The second-order valence-electron chi connectivity index (χ2n) is 7.21.